The molecule has 2 aromatic rings. The van der Waals surface area contributed by atoms with Crippen molar-refractivity contribution in [3.63, 3.8) is 0 Å². The summed E-state index contributed by atoms with van der Waals surface area (Å²) >= 11 is 4.39. The summed E-state index contributed by atoms with van der Waals surface area (Å²) in [5.41, 5.74) is 1.05. The first kappa shape index (κ1) is 26.5. The molecule has 178 valence electrons. The molecule has 0 atom stereocenters. The van der Waals surface area contributed by atoms with Crippen LogP contribution in [-0.4, -0.2) is 13.3 Å². The molecule has 0 aromatic heterocycles. The van der Waals surface area contributed by atoms with Crippen molar-refractivity contribution in [2.45, 2.75) is 56.9 Å². The SMILES string of the molecule is CCOCc1ccc(C2CCC(CCF)CC2)cc1.Fc1cc(F)c(C(F)(F)Cl)c(F)c1. The van der Waals surface area contributed by atoms with Crippen LogP contribution in [-0.2, 0) is 16.7 Å². The molecule has 8 heteroatoms. The topological polar surface area (TPSA) is 9.23 Å². The summed E-state index contributed by atoms with van der Waals surface area (Å²) in [6.45, 7) is 3.34. The average molecular weight is 481 g/mol. The van der Waals surface area contributed by atoms with Crippen molar-refractivity contribution >= 4 is 11.6 Å². The van der Waals surface area contributed by atoms with Crippen molar-refractivity contribution in [3.05, 3.63) is 70.5 Å². The molecule has 0 heterocycles. The van der Waals surface area contributed by atoms with Crippen LogP contribution in [0.15, 0.2) is 36.4 Å². The summed E-state index contributed by atoms with van der Waals surface area (Å²) in [6, 6.07) is 9.11. The van der Waals surface area contributed by atoms with Crippen molar-refractivity contribution in [1.82, 2.24) is 0 Å². The second kappa shape index (κ2) is 12.5. The Labute approximate surface area is 189 Å². The zero-order valence-electron chi connectivity index (χ0n) is 17.8. The predicted molar refractivity (Wildman–Crippen MR) is 113 cm³/mol. The van der Waals surface area contributed by atoms with E-state index in [1.807, 2.05) is 6.92 Å². The Bertz CT molecular complexity index is 806. The summed E-state index contributed by atoms with van der Waals surface area (Å²) in [5.74, 6) is -3.40. The van der Waals surface area contributed by atoms with E-state index < -0.39 is 28.4 Å². The molecule has 0 radical (unpaired) electrons. The molecule has 0 aliphatic heterocycles. The molecule has 32 heavy (non-hydrogen) atoms. The van der Waals surface area contributed by atoms with Gasteiger partial charge >= 0.3 is 5.38 Å². The third-order valence-electron chi connectivity index (χ3n) is 5.58. The minimum Gasteiger partial charge on any atom is -0.377 e. The molecular weight excluding hydrogens is 454 g/mol. The highest BCUT2D eigenvalue weighted by Crippen LogP contribution is 2.37. The quantitative estimate of drug-likeness (QED) is 0.286. The summed E-state index contributed by atoms with van der Waals surface area (Å²) < 4.78 is 79.6. The predicted octanol–water partition coefficient (Wildman–Crippen LogP) is 8.25. The van der Waals surface area contributed by atoms with Crippen molar-refractivity contribution in [2.24, 2.45) is 5.92 Å². The maximum absolute atomic E-state index is 12.6. The molecule has 2 aromatic carbocycles. The zero-order chi connectivity index (χ0) is 23.7. The Hall–Kier alpha value is -1.73. The summed E-state index contributed by atoms with van der Waals surface area (Å²) in [5, 5.41) is -4.18. The molecule has 0 spiro atoms. The fraction of sp³-hybridized carbons (Fsp3) is 0.500. The van der Waals surface area contributed by atoms with Crippen molar-refractivity contribution in [1.29, 1.82) is 0 Å². The molecule has 1 fully saturated rings. The van der Waals surface area contributed by atoms with Crippen LogP contribution in [0.2, 0.25) is 0 Å². The fourth-order valence-corrected chi connectivity index (χ4v) is 4.04. The minimum absolute atomic E-state index is 0.134. The molecule has 1 aliphatic rings. The third-order valence-corrected chi connectivity index (χ3v) is 5.77. The van der Waals surface area contributed by atoms with E-state index in [1.54, 1.807) is 0 Å². The summed E-state index contributed by atoms with van der Waals surface area (Å²) in [7, 11) is 0. The molecule has 0 N–H and O–H groups in total. The lowest BCUT2D eigenvalue weighted by Gasteiger charge is -2.28. The van der Waals surface area contributed by atoms with E-state index in [-0.39, 0.29) is 18.8 Å². The van der Waals surface area contributed by atoms with Gasteiger partial charge in [0.15, 0.2) is 0 Å². The minimum atomic E-state index is -4.18. The van der Waals surface area contributed by atoms with Gasteiger partial charge in [0.1, 0.15) is 23.0 Å². The number of hydrogen-bond acceptors (Lipinski definition) is 1. The van der Waals surface area contributed by atoms with Gasteiger partial charge in [-0.3, -0.25) is 4.39 Å². The van der Waals surface area contributed by atoms with Crippen LogP contribution in [0.4, 0.5) is 26.3 Å². The number of benzene rings is 2. The van der Waals surface area contributed by atoms with Crippen molar-refractivity contribution in [3.8, 4) is 0 Å². The molecular formula is C24H27ClF6O. The second-order valence-corrected chi connectivity index (χ2v) is 8.29. The first-order valence-electron chi connectivity index (χ1n) is 10.6. The lowest BCUT2D eigenvalue weighted by Crippen LogP contribution is -2.13. The first-order chi connectivity index (χ1) is 15.2. The molecule has 3 rings (SSSR count). The van der Waals surface area contributed by atoms with Gasteiger partial charge in [0.2, 0.25) is 0 Å². The molecule has 0 saturated heterocycles. The maximum Gasteiger partial charge on any atom is 0.353 e. The van der Waals surface area contributed by atoms with E-state index in [0.29, 0.717) is 18.4 Å². The molecule has 1 aliphatic carbocycles. The van der Waals surface area contributed by atoms with E-state index >= 15 is 0 Å². The average Bonchev–Trinajstić information content (AvgIpc) is 2.72. The van der Waals surface area contributed by atoms with E-state index in [2.05, 4.69) is 35.9 Å². The van der Waals surface area contributed by atoms with Gasteiger partial charge in [-0.1, -0.05) is 24.3 Å². The van der Waals surface area contributed by atoms with Crippen LogP contribution < -0.4 is 0 Å². The van der Waals surface area contributed by atoms with E-state index in [9.17, 15) is 26.3 Å². The van der Waals surface area contributed by atoms with Gasteiger partial charge in [0.25, 0.3) is 0 Å². The fourth-order valence-electron chi connectivity index (χ4n) is 3.86. The largest absolute Gasteiger partial charge is 0.377 e. The number of alkyl halides is 4. The van der Waals surface area contributed by atoms with Crippen LogP contribution in [0.5, 0.6) is 0 Å². The summed E-state index contributed by atoms with van der Waals surface area (Å²) in [4.78, 5) is 0. The van der Waals surface area contributed by atoms with E-state index in [0.717, 1.165) is 13.0 Å². The Morgan fingerprint density at radius 1 is 0.969 bits per heavy atom. The Kier molecular flexibility index (Phi) is 10.4. The monoisotopic (exact) mass is 480 g/mol. The second-order valence-electron chi connectivity index (χ2n) is 7.82. The smallest absolute Gasteiger partial charge is 0.353 e. The number of hydrogen-bond donors (Lipinski definition) is 0. The number of ether oxygens (including phenoxy) is 1. The number of rotatable bonds is 7. The van der Waals surface area contributed by atoms with Crippen LogP contribution in [0.1, 0.15) is 61.6 Å². The third kappa shape index (κ3) is 8.00. The maximum atomic E-state index is 12.6. The highest BCUT2D eigenvalue weighted by Gasteiger charge is 2.35. The van der Waals surface area contributed by atoms with Gasteiger partial charge in [-0.25, -0.2) is 13.2 Å². The van der Waals surface area contributed by atoms with Gasteiger partial charge in [-0.15, -0.1) is 0 Å². The molecule has 1 nitrogen and oxygen atoms in total. The Morgan fingerprint density at radius 3 is 2.00 bits per heavy atom. The highest BCUT2D eigenvalue weighted by atomic mass is 35.5. The van der Waals surface area contributed by atoms with Crippen molar-refractivity contribution in [2.75, 3.05) is 13.3 Å². The molecule has 0 amide bonds. The standard InChI is InChI=1S/C17H25FO.C7H2ClF5/c1-2-19-13-15-5-9-17(10-6-15)16-7-3-14(4-8-16)11-12-18;8-7(12,13)6-4(10)1-3(9)2-5(6)11/h5-6,9-10,14,16H,2-4,7-8,11-13H2,1H3;1-2H. The first-order valence-corrected chi connectivity index (χ1v) is 11.0. The van der Waals surface area contributed by atoms with Crippen LogP contribution in [0.3, 0.4) is 0 Å². The normalized spacial score (nSPS) is 18.8. The van der Waals surface area contributed by atoms with Gasteiger partial charge < -0.3 is 4.74 Å². The lowest BCUT2D eigenvalue weighted by molar-refractivity contribution is 0.0856. The van der Waals surface area contributed by atoms with Gasteiger partial charge in [-0.05, 0) is 73.6 Å². The van der Waals surface area contributed by atoms with Crippen LogP contribution in [0.25, 0.3) is 0 Å². The number of halogens is 7. The lowest BCUT2D eigenvalue weighted by atomic mass is 9.77. The Morgan fingerprint density at radius 2 is 1.53 bits per heavy atom. The van der Waals surface area contributed by atoms with Gasteiger partial charge in [0.05, 0.1) is 13.3 Å². The molecule has 0 bridgehead atoms. The van der Waals surface area contributed by atoms with Gasteiger partial charge in [-0.2, -0.15) is 8.78 Å². The van der Waals surface area contributed by atoms with Crippen LogP contribution in [0, 0.1) is 23.4 Å². The summed E-state index contributed by atoms with van der Waals surface area (Å²) in [6.07, 6.45) is 5.58. The van der Waals surface area contributed by atoms with Crippen LogP contribution >= 0.6 is 11.6 Å². The van der Waals surface area contributed by atoms with E-state index in [1.165, 1.54) is 36.8 Å². The molecule has 1 saturated carbocycles. The van der Waals surface area contributed by atoms with Crippen molar-refractivity contribution < 1.29 is 31.1 Å². The molecule has 0 unspecified atom stereocenters. The Balaban J connectivity index is 0.000000244. The van der Waals surface area contributed by atoms with E-state index in [4.69, 9.17) is 4.74 Å². The van der Waals surface area contributed by atoms with Gasteiger partial charge in [0, 0.05) is 18.7 Å². The zero-order valence-corrected chi connectivity index (χ0v) is 18.6. The highest BCUT2D eigenvalue weighted by molar-refractivity contribution is 6.21.